The van der Waals surface area contributed by atoms with Crippen molar-refractivity contribution in [2.75, 3.05) is 7.05 Å². The Morgan fingerprint density at radius 1 is 1.33 bits per heavy atom. The lowest BCUT2D eigenvalue weighted by Crippen LogP contribution is -2.35. The molecule has 0 saturated carbocycles. The monoisotopic (exact) mass is 250 g/mol. The number of nitrogens with zero attached hydrogens (tertiary/aromatic N) is 1. The minimum absolute atomic E-state index is 0.214. The van der Waals surface area contributed by atoms with E-state index in [0.717, 1.165) is 19.4 Å². The minimum Gasteiger partial charge on any atom is -0.474 e. The van der Waals surface area contributed by atoms with Crippen molar-refractivity contribution in [2.24, 2.45) is 0 Å². The summed E-state index contributed by atoms with van der Waals surface area (Å²) < 4.78 is 11.6. The van der Waals surface area contributed by atoms with E-state index in [2.05, 4.69) is 24.1 Å². The van der Waals surface area contributed by atoms with E-state index in [4.69, 9.17) is 9.47 Å². The van der Waals surface area contributed by atoms with Crippen molar-refractivity contribution in [1.29, 1.82) is 0 Å². The summed E-state index contributed by atoms with van der Waals surface area (Å²) in [6.45, 7) is 5.02. The first-order valence-corrected chi connectivity index (χ1v) is 6.59. The van der Waals surface area contributed by atoms with Gasteiger partial charge in [0.2, 0.25) is 5.88 Å². The Labute approximate surface area is 109 Å². The van der Waals surface area contributed by atoms with Crippen molar-refractivity contribution < 1.29 is 9.47 Å². The van der Waals surface area contributed by atoms with Crippen LogP contribution in [0, 0.1) is 0 Å². The fourth-order valence-corrected chi connectivity index (χ4v) is 2.40. The molecule has 1 aliphatic rings. The van der Waals surface area contributed by atoms with Crippen molar-refractivity contribution in [3.8, 4) is 5.88 Å². The number of hydrogen-bond donors (Lipinski definition) is 1. The van der Waals surface area contributed by atoms with Crippen LogP contribution in [0.25, 0.3) is 0 Å². The van der Waals surface area contributed by atoms with Crippen LogP contribution in [0.2, 0.25) is 0 Å². The molecule has 2 heterocycles. The largest absolute Gasteiger partial charge is 0.474 e. The summed E-state index contributed by atoms with van der Waals surface area (Å²) in [5.74, 6) is 0.709. The van der Waals surface area contributed by atoms with Crippen LogP contribution in [0.15, 0.2) is 18.3 Å². The van der Waals surface area contributed by atoms with Gasteiger partial charge in [-0.05, 0) is 26.5 Å². The highest BCUT2D eigenvalue weighted by molar-refractivity contribution is 5.18. The zero-order chi connectivity index (χ0) is 13.0. The van der Waals surface area contributed by atoms with Gasteiger partial charge in [0.05, 0.1) is 12.2 Å². The Morgan fingerprint density at radius 3 is 2.61 bits per heavy atom. The Hall–Kier alpha value is -1.13. The molecular weight excluding hydrogens is 228 g/mol. The average molecular weight is 250 g/mol. The highest BCUT2D eigenvalue weighted by Gasteiger charge is 2.25. The van der Waals surface area contributed by atoms with Crippen molar-refractivity contribution >= 4 is 0 Å². The van der Waals surface area contributed by atoms with Gasteiger partial charge in [-0.25, -0.2) is 4.98 Å². The molecule has 2 unspecified atom stereocenters. The summed E-state index contributed by atoms with van der Waals surface area (Å²) in [4.78, 5) is 4.34. The molecule has 2 rings (SSSR count). The van der Waals surface area contributed by atoms with Crippen molar-refractivity contribution in [3.63, 3.8) is 0 Å². The molecule has 2 atom stereocenters. The van der Waals surface area contributed by atoms with Crippen LogP contribution in [-0.2, 0) is 11.3 Å². The van der Waals surface area contributed by atoms with Crippen LogP contribution < -0.4 is 10.1 Å². The van der Waals surface area contributed by atoms with Gasteiger partial charge in [-0.1, -0.05) is 6.07 Å². The third kappa shape index (κ3) is 3.68. The molecule has 0 amide bonds. The quantitative estimate of drug-likeness (QED) is 0.889. The normalized spacial score (nSPS) is 28.1. The number of nitrogens with one attached hydrogen (secondary N) is 1. The topological polar surface area (TPSA) is 43.4 Å². The molecule has 0 aliphatic carbocycles. The lowest BCUT2D eigenvalue weighted by molar-refractivity contribution is -0.0729. The zero-order valence-electron chi connectivity index (χ0n) is 11.3. The van der Waals surface area contributed by atoms with Crippen molar-refractivity contribution in [1.82, 2.24) is 10.3 Å². The van der Waals surface area contributed by atoms with Crippen LogP contribution in [0.4, 0.5) is 0 Å². The van der Waals surface area contributed by atoms with Crippen LogP contribution in [0.3, 0.4) is 0 Å². The minimum atomic E-state index is 0.214. The maximum atomic E-state index is 5.92. The van der Waals surface area contributed by atoms with Gasteiger partial charge < -0.3 is 14.8 Å². The molecule has 1 saturated heterocycles. The van der Waals surface area contributed by atoms with Gasteiger partial charge in [0.15, 0.2) is 0 Å². The van der Waals surface area contributed by atoms with Gasteiger partial charge in [-0.2, -0.15) is 0 Å². The Bertz CT molecular complexity index is 357. The lowest BCUT2D eigenvalue weighted by Gasteiger charge is -2.31. The van der Waals surface area contributed by atoms with Gasteiger partial charge in [0.25, 0.3) is 0 Å². The summed E-state index contributed by atoms with van der Waals surface area (Å²) in [5.41, 5.74) is 1.17. The summed E-state index contributed by atoms with van der Waals surface area (Å²) in [5, 5.41) is 3.10. The molecule has 0 spiro atoms. The molecular formula is C14H22N2O2. The molecule has 4 heteroatoms. The van der Waals surface area contributed by atoms with Crippen LogP contribution in [-0.4, -0.2) is 30.3 Å². The molecule has 18 heavy (non-hydrogen) atoms. The van der Waals surface area contributed by atoms with Gasteiger partial charge in [0.1, 0.15) is 6.10 Å². The third-order valence-corrected chi connectivity index (χ3v) is 3.12. The molecule has 100 valence electrons. The first-order chi connectivity index (χ1) is 8.67. The first kappa shape index (κ1) is 13.3. The number of pyridine rings is 1. The summed E-state index contributed by atoms with van der Waals surface area (Å²) >= 11 is 0. The fraction of sp³-hybridized carbons (Fsp3) is 0.643. The van der Waals surface area contributed by atoms with E-state index >= 15 is 0 Å². The van der Waals surface area contributed by atoms with E-state index in [1.54, 1.807) is 0 Å². The Morgan fingerprint density at radius 2 is 2.06 bits per heavy atom. The average Bonchev–Trinajstić information content (AvgIpc) is 2.31. The number of rotatable bonds is 4. The number of hydrogen-bond acceptors (Lipinski definition) is 4. The molecule has 1 aromatic heterocycles. The Kier molecular flexibility index (Phi) is 4.55. The lowest BCUT2D eigenvalue weighted by atomic mass is 10.0. The molecule has 0 bridgehead atoms. The molecule has 1 fully saturated rings. The van der Waals surface area contributed by atoms with Gasteiger partial charge in [0, 0.05) is 31.6 Å². The molecule has 4 nitrogen and oxygen atoms in total. The number of ether oxygens (including phenoxy) is 2. The van der Waals surface area contributed by atoms with Crippen molar-refractivity contribution in [3.05, 3.63) is 23.9 Å². The smallest absolute Gasteiger partial charge is 0.213 e. The van der Waals surface area contributed by atoms with E-state index in [1.807, 2.05) is 25.4 Å². The molecule has 1 N–H and O–H groups in total. The van der Waals surface area contributed by atoms with E-state index in [9.17, 15) is 0 Å². The third-order valence-electron chi connectivity index (χ3n) is 3.12. The summed E-state index contributed by atoms with van der Waals surface area (Å²) in [6.07, 6.45) is 4.48. The maximum absolute atomic E-state index is 5.92. The van der Waals surface area contributed by atoms with E-state index in [0.29, 0.717) is 5.88 Å². The predicted octanol–water partition coefficient (Wildman–Crippen LogP) is 2.14. The highest BCUT2D eigenvalue weighted by atomic mass is 16.5. The van der Waals surface area contributed by atoms with Crippen LogP contribution in [0.5, 0.6) is 5.88 Å². The van der Waals surface area contributed by atoms with E-state index in [1.165, 1.54) is 5.56 Å². The van der Waals surface area contributed by atoms with Gasteiger partial charge in [-0.15, -0.1) is 0 Å². The van der Waals surface area contributed by atoms with E-state index in [-0.39, 0.29) is 18.3 Å². The molecule has 1 aliphatic heterocycles. The second-order valence-corrected chi connectivity index (χ2v) is 5.00. The SMILES string of the molecule is CNCc1ccc(OC2CC(C)OC(C)C2)nc1. The second kappa shape index (κ2) is 6.16. The van der Waals surface area contributed by atoms with Crippen molar-refractivity contribution in [2.45, 2.75) is 51.5 Å². The summed E-state index contributed by atoms with van der Waals surface area (Å²) in [6, 6.07) is 3.99. The second-order valence-electron chi connectivity index (χ2n) is 5.00. The predicted molar refractivity (Wildman–Crippen MR) is 70.7 cm³/mol. The zero-order valence-corrected chi connectivity index (χ0v) is 11.3. The highest BCUT2D eigenvalue weighted by Crippen LogP contribution is 2.23. The van der Waals surface area contributed by atoms with Gasteiger partial charge >= 0.3 is 0 Å². The standard InChI is InChI=1S/C14H22N2O2/c1-10-6-13(7-11(2)17-10)18-14-5-4-12(8-15-3)9-16-14/h4-5,9-11,13,15H,6-8H2,1-3H3. The molecule has 0 radical (unpaired) electrons. The van der Waals surface area contributed by atoms with Crippen LogP contribution >= 0.6 is 0 Å². The van der Waals surface area contributed by atoms with Crippen LogP contribution in [0.1, 0.15) is 32.3 Å². The fourth-order valence-electron chi connectivity index (χ4n) is 2.40. The maximum Gasteiger partial charge on any atom is 0.213 e. The van der Waals surface area contributed by atoms with Gasteiger partial charge in [-0.3, -0.25) is 0 Å². The molecule has 1 aromatic rings. The Balaban J connectivity index is 1.92. The first-order valence-electron chi connectivity index (χ1n) is 6.59. The number of aromatic nitrogens is 1. The van der Waals surface area contributed by atoms with E-state index < -0.39 is 0 Å². The molecule has 0 aromatic carbocycles. The summed E-state index contributed by atoms with van der Waals surface area (Å²) in [7, 11) is 1.93.